The Morgan fingerprint density at radius 3 is 2.63 bits per heavy atom. The highest BCUT2D eigenvalue weighted by molar-refractivity contribution is 6.30. The zero-order valence-corrected chi connectivity index (χ0v) is 15.5. The molecule has 2 aromatic heterocycles. The van der Waals surface area contributed by atoms with E-state index < -0.39 is 35.4 Å². The van der Waals surface area contributed by atoms with Gasteiger partial charge in [0.25, 0.3) is 5.85 Å². The maximum atomic E-state index is 14.5. The fourth-order valence-electron chi connectivity index (χ4n) is 2.66. The van der Waals surface area contributed by atoms with Crippen LogP contribution < -0.4 is 9.47 Å². The van der Waals surface area contributed by atoms with E-state index in [2.05, 4.69) is 9.97 Å². The van der Waals surface area contributed by atoms with Crippen LogP contribution in [0, 0.1) is 0 Å². The van der Waals surface area contributed by atoms with Crippen LogP contribution in [-0.4, -0.2) is 44.0 Å². The second-order valence-corrected chi connectivity index (χ2v) is 7.49. The molecule has 0 spiro atoms. The Kier molecular flexibility index (Phi) is 5.00. The van der Waals surface area contributed by atoms with Crippen molar-refractivity contribution in [2.24, 2.45) is 0 Å². The molecule has 10 heteroatoms. The predicted octanol–water partition coefficient (Wildman–Crippen LogP) is 3.50. The number of nitrogens with zero attached hydrogens (tertiary/aromatic N) is 2. The molecule has 1 aliphatic carbocycles. The van der Waals surface area contributed by atoms with Crippen molar-refractivity contribution < 1.29 is 28.2 Å². The molecular formula is C17H14Cl2F2N2O4. The molecule has 3 atom stereocenters. The lowest BCUT2D eigenvalue weighted by molar-refractivity contribution is -0.290. The van der Waals surface area contributed by atoms with Crippen LogP contribution in [0.25, 0.3) is 0 Å². The Bertz CT molecular complexity index is 867. The molecule has 6 nitrogen and oxygen atoms in total. The molecule has 0 aliphatic heterocycles. The van der Waals surface area contributed by atoms with Crippen molar-refractivity contribution in [1.82, 2.24) is 9.97 Å². The second kappa shape index (κ2) is 6.85. The molecule has 1 saturated carbocycles. The first-order valence-corrected chi connectivity index (χ1v) is 8.53. The van der Waals surface area contributed by atoms with Crippen molar-refractivity contribution in [3.63, 3.8) is 0 Å². The maximum Gasteiger partial charge on any atom is 0.363 e. The molecule has 3 unspecified atom stereocenters. The van der Waals surface area contributed by atoms with Crippen LogP contribution >= 0.6 is 23.2 Å². The fourth-order valence-corrected chi connectivity index (χ4v) is 3.24. The lowest BCUT2D eigenvalue weighted by atomic mass is 9.67. The van der Waals surface area contributed by atoms with E-state index in [1.807, 2.05) is 0 Å². The van der Waals surface area contributed by atoms with Crippen molar-refractivity contribution in [1.29, 1.82) is 0 Å². The zero-order valence-electron chi connectivity index (χ0n) is 14.0. The van der Waals surface area contributed by atoms with E-state index >= 15 is 0 Å². The van der Waals surface area contributed by atoms with Crippen LogP contribution in [0.5, 0.6) is 11.6 Å². The van der Waals surface area contributed by atoms with Crippen molar-refractivity contribution >= 4 is 29.2 Å². The Labute approximate surface area is 163 Å². The van der Waals surface area contributed by atoms with Gasteiger partial charge < -0.3 is 14.6 Å². The van der Waals surface area contributed by atoms with Gasteiger partial charge in [-0.25, -0.2) is 18.6 Å². The van der Waals surface area contributed by atoms with E-state index in [0.717, 1.165) is 0 Å². The van der Waals surface area contributed by atoms with Crippen molar-refractivity contribution in [3.8, 4) is 11.6 Å². The number of hydrogen-bond acceptors (Lipinski definition) is 6. The van der Waals surface area contributed by atoms with Crippen LogP contribution in [0.15, 0.2) is 36.5 Å². The molecule has 0 radical (unpaired) electrons. The predicted molar refractivity (Wildman–Crippen MR) is 92.7 cm³/mol. The molecule has 0 bridgehead atoms. The molecule has 2 heterocycles. The number of carbonyl (C=O) groups excluding carboxylic acids is 1. The Morgan fingerprint density at radius 1 is 1.33 bits per heavy atom. The number of aromatic nitrogens is 2. The third kappa shape index (κ3) is 3.56. The van der Waals surface area contributed by atoms with Gasteiger partial charge in [0.05, 0.1) is 0 Å². The lowest BCUT2D eigenvalue weighted by Crippen LogP contribution is -2.73. The maximum absolute atomic E-state index is 14.5. The van der Waals surface area contributed by atoms with Gasteiger partial charge in [-0.05, 0) is 25.1 Å². The monoisotopic (exact) mass is 418 g/mol. The average Bonchev–Trinajstić information content (AvgIpc) is 2.61. The molecule has 144 valence electrons. The highest BCUT2D eigenvalue weighted by Crippen LogP contribution is 2.57. The molecule has 27 heavy (non-hydrogen) atoms. The minimum absolute atomic E-state index is 0.0754. The SMILES string of the molecule is CC1(Cl)CC(F)(COc2ccc(OC(=O)c3ccccn3)nc2Cl)C1(O)F. The number of alkyl halides is 3. The van der Waals surface area contributed by atoms with Gasteiger partial charge in [-0.1, -0.05) is 17.7 Å². The summed E-state index contributed by atoms with van der Waals surface area (Å²) >= 11 is 11.6. The molecule has 0 saturated heterocycles. The second-order valence-electron chi connectivity index (χ2n) is 6.29. The van der Waals surface area contributed by atoms with Gasteiger partial charge in [0.15, 0.2) is 10.9 Å². The number of rotatable bonds is 5. The summed E-state index contributed by atoms with van der Waals surface area (Å²) in [6.45, 7) is 0.364. The van der Waals surface area contributed by atoms with Gasteiger partial charge in [0.1, 0.15) is 17.2 Å². The molecular weight excluding hydrogens is 405 g/mol. The first kappa shape index (κ1) is 19.7. The molecule has 0 aromatic carbocycles. The number of hydrogen-bond donors (Lipinski definition) is 1. The first-order valence-electron chi connectivity index (χ1n) is 7.77. The number of carbonyl (C=O) groups is 1. The van der Waals surface area contributed by atoms with E-state index in [0.29, 0.717) is 0 Å². The van der Waals surface area contributed by atoms with Crippen LogP contribution in [0.4, 0.5) is 8.78 Å². The van der Waals surface area contributed by atoms with E-state index in [9.17, 15) is 18.7 Å². The van der Waals surface area contributed by atoms with Gasteiger partial charge in [-0.3, -0.25) is 0 Å². The lowest BCUT2D eigenvalue weighted by Gasteiger charge is -2.54. The largest absolute Gasteiger partial charge is 0.487 e. The number of halogens is 4. The standard InChI is InChI=1S/C17H14Cl2F2N2O4/c1-15(19)8-16(20,17(15,21)25)9-26-11-5-6-12(23-13(11)18)27-14(24)10-4-2-3-7-22-10/h2-7,25H,8-9H2,1H3. The van der Waals surface area contributed by atoms with Crippen molar-refractivity contribution in [2.75, 3.05) is 6.61 Å². The highest BCUT2D eigenvalue weighted by atomic mass is 35.5. The summed E-state index contributed by atoms with van der Waals surface area (Å²) < 4.78 is 38.7. The van der Waals surface area contributed by atoms with Gasteiger partial charge >= 0.3 is 5.97 Å². The summed E-state index contributed by atoms with van der Waals surface area (Å²) in [5, 5.41) is 9.36. The molecule has 1 N–H and O–H groups in total. The highest BCUT2D eigenvalue weighted by Gasteiger charge is 2.75. The van der Waals surface area contributed by atoms with E-state index in [-0.39, 0.29) is 22.5 Å². The minimum atomic E-state index is -3.25. The van der Waals surface area contributed by atoms with Crippen molar-refractivity contribution in [2.45, 2.75) is 29.7 Å². The Hall–Kier alpha value is -2.03. The van der Waals surface area contributed by atoms with Crippen molar-refractivity contribution in [3.05, 3.63) is 47.4 Å². The van der Waals surface area contributed by atoms with Gasteiger partial charge in [0, 0.05) is 18.7 Å². The topological polar surface area (TPSA) is 81.5 Å². The Balaban J connectivity index is 1.65. The third-order valence-corrected chi connectivity index (χ3v) is 4.87. The summed E-state index contributed by atoms with van der Waals surface area (Å²) in [7, 11) is 0. The van der Waals surface area contributed by atoms with Crippen LogP contribution in [-0.2, 0) is 0 Å². The minimum Gasteiger partial charge on any atom is -0.487 e. The quantitative estimate of drug-likeness (QED) is 0.454. The molecule has 2 aromatic rings. The first-order chi connectivity index (χ1) is 12.6. The summed E-state index contributed by atoms with van der Waals surface area (Å²) in [4.78, 5) is 17.8. The summed E-state index contributed by atoms with van der Waals surface area (Å²) in [5.74, 6) is -4.20. The van der Waals surface area contributed by atoms with Gasteiger partial charge in [-0.15, -0.1) is 11.6 Å². The van der Waals surface area contributed by atoms with Gasteiger partial charge in [-0.2, -0.15) is 4.98 Å². The smallest absolute Gasteiger partial charge is 0.363 e. The summed E-state index contributed by atoms with van der Waals surface area (Å²) in [6.07, 6.45) is 0.985. The van der Waals surface area contributed by atoms with Crippen LogP contribution in [0.3, 0.4) is 0 Å². The van der Waals surface area contributed by atoms with Crippen LogP contribution in [0.2, 0.25) is 5.15 Å². The number of esters is 1. The normalized spacial score (nSPS) is 29.7. The van der Waals surface area contributed by atoms with Gasteiger partial charge in [0.2, 0.25) is 11.5 Å². The molecule has 0 amide bonds. The summed E-state index contributed by atoms with van der Waals surface area (Å²) in [5.41, 5.74) is -2.61. The van der Waals surface area contributed by atoms with Crippen LogP contribution in [0.1, 0.15) is 23.8 Å². The molecule has 1 fully saturated rings. The average molecular weight is 419 g/mol. The number of aliphatic hydroxyl groups is 1. The summed E-state index contributed by atoms with van der Waals surface area (Å²) in [6, 6.07) is 7.26. The third-order valence-electron chi connectivity index (χ3n) is 4.21. The Morgan fingerprint density at radius 2 is 2.07 bits per heavy atom. The molecule has 3 rings (SSSR count). The fraction of sp³-hybridized carbons (Fsp3) is 0.353. The number of ether oxygens (including phenoxy) is 2. The number of pyridine rings is 2. The zero-order chi connectivity index (χ0) is 19.9. The van der Waals surface area contributed by atoms with E-state index in [1.54, 1.807) is 12.1 Å². The van der Waals surface area contributed by atoms with E-state index in [4.69, 9.17) is 32.7 Å². The molecule has 1 aliphatic rings. The van der Waals surface area contributed by atoms with E-state index in [1.165, 1.54) is 31.3 Å².